The Labute approximate surface area is 232 Å². The average Bonchev–Trinajstić information content (AvgIpc) is 2.95. The second-order valence-corrected chi connectivity index (χ2v) is 11.6. The SMILES string of the molecule is Cc1ccc(CNc2ccc3c(c2)C(OCCC2CCCCC2)C(OC(=O)c2ccccc2)C(C)(C)O3)cc1. The fraction of sp³-hybridized carbons (Fsp3) is 0.441. The van der Waals surface area contributed by atoms with Crippen LogP contribution < -0.4 is 10.1 Å². The van der Waals surface area contributed by atoms with Crippen LogP contribution in [0.2, 0.25) is 0 Å². The van der Waals surface area contributed by atoms with Gasteiger partial charge in [-0.1, -0.05) is 80.1 Å². The third-order valence-corrected chi connectivity index (χ3v) is 8.06. The minimum Gasteiger partial charge on any atom is -0.483 e. The van der Waals surface area contributed by atoms with Gasteiger partial charge in [-0.2, -0.15) is 0 Å². The maximum atomic E-state index is 13.2. The van der Waals surface area contributed by atoms with Gasteiger partial charge < -0.3 is 19.5 Å². The van der Waals surface area contributed by atoms with Gasteiger partial charge in [0.15, 0.2) is 6.10 Å². The van der Waals surface area contributed by atoms with Crippen LogP contribution in [-0.4, -0.2) is 24.3 Å². The van der Waals surface area contributed by atoms with E-state index in [-0.39, 0.29) is 5.97 Å². The van der Waals surface area contributed by atoms with Gasteiger partial charge in [0.2, 0.25) is 0 Å². The quantitative estimate of drug-likeness (QED) is 0.286. The smallest absolute Gasteiger partial charge is 0.338 e. The largest absolute Gasteiger partial charge is 0.483 e. The highest BCUT2D eigenvalue weighted by Gasteiger charge is 2.47. The van der Waals surface area contributed by atoms with Crippen LogP contribution in [0.4, 0.5) is 5.69 Å². The maximum Gasteiger partial charge on any atom is 0.338 e. The number of fused-ring (bicyclic) bond motifs is 1. The van der Waals surface area contributed by atoms with E-state index in [1.165, 1.54) is 43.2 Å². The van der Waals surface area contributed by atoms with E-state index < -0.39 is 17.8 Å². The Bertz CT molecular complexity index is 1230. The van der Waals surface area contributed by atoms with Gasteiger partial charge in [-0.05, 0) is 69.0 Å². The second-order valence-electron chi connectivity index (χ2n) is 11.6. The minimum atomic E-state index is -0.760. The molecule has 5 heteroatoms. The zero-order chi connectivity index (χ0) is 27.2. The van der Waals surface area contributed by atoms with Crippen LogP contribution in [0.25, 0.3) is 0 Å². The zero-order valence-corrected chi connectivity index (χ0v) is 23.5. The van der Waals surface area contributed by atoms with Gasteiger partial charge in [-0.15, -0.1) is 0 Å². The molecule has 0 radical (unpaired) electrons. The molecule has 1 heterocycles. The van der Waals surface area contributed by atoms with E-state index in [2.05, 4.69) is 42.6 Å². The number of hydrogen-bond donors (Lipinski definition) is 1. The topological polar surface area (TPSA) is 56.8 Å². The Morgan fingerprint density at radius 2 is 1.72 bits per heavy atom. The van der Waals surface area contributed by atoms with E-state index >= 15 is 0 Å². The molecule has 0 spiro atoms. The summed E-state index contributed by atoms with van der Waals surface area (Å²) in [5.74, 6) is 1.12. The summed E-state index contributed by atoms with van der Waals surface area (Å²) in [6.07, 6.45) is 6.51. The average molecular weight is 528 g/mol. The molecule has 5 nitrogen and oxygen atoms in total. The molecule has 3 aromatic carbocycles. The van der Waals surface area contributed by atoms with E-state index in [4.69, 9.17) is 14.2 Å². The molecule has 0 saturated heterocycles. The fourth-order valence-corrected chi connectivity index (χ4v) is 5.73. The van der Waals surface area contributed by atoms with Crippen LogP contribution in [0.1, 0.15) is 85.5 Å². The summed E-state index contributed by atoms with van der Waals surface area (Å²) in [4.78, 5) is 13.2. The highest BCUT2D eigenvalue weighted by molar-refractivity contribution is 5.89. The van der Waals surface area contributed by atoms with E-state index in [0.717, 1.165) is 23.4 Å². The summed E-state index contributed by atoms with van der Waals surface area (Å²) < 4.78 is 19.3. The number of ether oxygens (including phenoxy) is 3. The van der Waals surface area contributed by atoms with E-state index in [0.29, 0.717) is 24.6 Å². The summed E-state index contributed by atoms with van der Waals surface area (Å²) in [6, 6.07) is 23.8. The lowest BCUT2D eigenvalue weighted by Crippen LogP contribution is -2.51. The Hall–Kier alpha value is -3.31. The second kappa shape index (κ2) is 12.3. The van der Waals surface area contributed by atoms with E-state index in [1.54, 1.807) is 12.1 Å². The van der Waals surface area contributed by atoms with E-state index in [1.807, 2.05) is 44.2 Å². The molecule has 3 aromatic rings. The monoisotopic (exact) mass is 527 g/mol. The Morgan fingerprint density at radius 1 is 0.974 bits per heavy atom. The lowest BCUT2D eigenvalue weighted by Gasteiger charge is -2.44. The lowest BCUT2D eigenvalue weighted by atomic mass is 9.86. The number of carbonyl (C=O) groups excluding carboxylic acids is 1. The first kappa shape index (κ1) is 27.3. The molecule has 39 heavy (non-hydrogen) atoms. The van der Waals surface area contributed by atoms with E-state index in [9.17, 15) is 4.79 Å². The summed E-state index contributed by atoms with van der Waals surface area (Å²) in [7, 11) is 0. The summed E-state index contributed by atoms with van der Waals surface area (Å²) >= 11 is 0. The number of nitrogens with one attached hydrogen (secondary N) is 1. The Kier molecular flexibility index (Phi) is 8.56. The van der Waals surface area contributed by atoms with Gasteiger partial charge >= 0.3 is 5.97 Å². The standard InChI is InChI=1S/C34H41NO4/c1-24-14-16-26(17-15-24)23-35-28-18-19-30-29(22-28)31(37-21-20-25-10-6-4-7-11-25)32(34(2,3)39-30)38-33(36)27-12-8-5-9-13-27/h5,8-9,12-19,22,25,31-32,35H,4,6-7,10-11,20-21,23H2,1-3H3. The molecule has 2 atom stereocenters. The predicted molar refractivity (Wildman–Crippen MR) is 155 cm³/mol. The molecule has 2 unspecified atom stereocenters. The number of benzene rings is 3. The first-order valence-electron chi connectivity index (χ1n) is 14.4. The van der Waals surface area contributed by atoms with Crippen molar-refractivity contribution in [2.24, 2.45) is 5.92 Å². The number of carbonyl (C=O) groups is 1. The van der Waals surface area contributed by atoms with Gasteiger partial charge in [0, 0.05) is 24.4 Å². The molecule has 206 valence electrons. The van der Waals surface area contributed by atoms with Crippen molar-refractivity contribution in [3.05, 3.63) is 95.1 Å². The molecule has 1 N–H and O–H groups in total. The molecule has 0 amide bonds. The Balaban J connectivity index is 1.38. The van der Waals surface area contributed by atoms with Gasteiger partial charge in [-0.25, -0.2) is 4.79 Å². The molecule has 2 aliphatic rings. The zero-order valence-electron chi connectivity index (χ0n) is 23.5. The summed E-state index contributed by atoms with van der Waals surface area (Å²) in [6.45, 7) is 7.38. The molecule has 1 saturated carbocycles. The summed E-state index contributed by atoms with van der Waals surface area (Å²) in [5.41, 5.74) is 4.12. The predicted octanol–water partition coefficient (Wildman–Crippen LogP) is 8.03. The molecular weight excluding hydrogens is 486 g/mol. The highest BCUT2D eigenvalue weighted by Crippen LogP contribution is 2.45. The van der Waals surface area contributed by atoms with Crippen molar-refractivity contribution in [2.45, 2.75) is 83.6 Å². The first-order valence-corrected chi connectivity index (χ1v) is 14.4. The number of rotatable bonds is 9. The lowest BCUT2D eigenvalue weighted by molar-refractivity contribution is -0.141. The highest BCUT2D eigenvalue weighted by atomic mass is 16.6. The number of aryl methyl sites for hydroxylation is 1. The van der Waals surface area contributed by atoms with Gasteiger partial charge in [0.1, 0.15) is 17.5 Å². The number of anilines is 1. The van der Waals surface area contributed by atoms with Crippen LogP contribution in [0.5, 0.6) is 5.75 Å². The molecule has 5 rings (SSSR count). The van der Waals surface area contributed by atoms with Crippen LogP contribution >= 0.6 is 0 Å². The minimum absolute atomic E-state index is 0.366. The Morgan fingerprint density at radius 3 is 2.46 bits per heavy atom. The fourth-order valence-electron chi connectivity index (χ4n) is 5.73. The van der Waals surface area contributed by atoms with Crippen molar-refractivity contribution in [3.8, 4) is 5.75 Å². The van der Waals surface area contributed by atoms with Gasteiger partial charge in [0.05, 0.1) is 5.56 Å². The van der Waals surface area contributed by atoms with Crippen molar-refractivity contribution in [3.63, 3.8) is 0 Å². The number of esters is 1. The van der Waals surface area contributed by atoms with Gasteiger partial charge in [0.25, 0.3) is 0 Å². The summed E-state index contributed by atoms with van der Waals surface area (Å²) in [5, 5.41) is 3.54. The maximum absolute atomic E-state index is 13.2. The third-order valence-electron chi connectivity index (χ3n) is 8.06. The molecule has 1 aliphatic carbocycles. The van der Waals surface area contributed by atoms with Crippen LogP contribution in [0.3, 0.4) is 0 Å². The van der Waals surface area contributed by atoms with Crippen molar-refractivity contribution in [2.75, 3.05) is 11.9 Å². The third kappa shape index (κ3) is 6.83. The molecular formula is C34H41NO4. The molecule has 1 aliphatic heterocycles. The molecule has 0 bridgehead atoms. The van der Waals surface area contributed by atoms with Crippen molar-refractivity contribution < 1.29 is 19.0 Å². The first-order chi connectivity index (χ1) is 18.9. The molecule has 0 aromatic heterocycles. The van der Waals surface area contributed by atoms with Crippen LogP contribution in [0.15, 0.2) is 72.8 Å². The van der Waals surface area contributed by atoms with Crippen LogP contribution in [0, 0.1) is 12.8 Å². The number of hydrogen-bond acceptors (Lipinski definition) is 5. The van der Waals surface area contributed by atoms with Crippen molar-refractivity contribution in [1.82, 2.24) is 0 Å². The van der Waals surface area contributed by atoms with Crippen molar-refractivity contribution >= 4 is 11.7 Å². The van der Waals surface area contributed by atoms with Gasteiger partial charge in [-0.3, -0.25) is 0 Å². The molecule has 1 fully saturated rings. The van der Waals surface area contributed by atoms with Crippen LogP contribution in [-0.2, 0) is 16.0 Å². The normalized spacial score (nSPS) is 20.5. The van der Waals surface area contributed by atoms with Crippen molar-refractivity contribution in [1.29, 1.82) is 0 Å².